The molecule has 8 aromatic carbocycles. The maximum Gasteiger partial charge on any atom is 0.145 e. The van der Waals surface area contributed by atoms with Gasteiger partial charge in [-0.1, -0.05) is 165 Å². The van der Waals surface area contributed by atoms with Crippen LogP contribution >= 0.6 is 0 Å². The fourth-order valence-corrected chi connectivity index (χ4v) is 9.29. The average molecular weight is 715 g/mol. The van der Waals surface area contributed by atoms with Crippen molar-refractivity contribution in [1.29, 1.82) is 0 Å². The first-order chi connectivity index (χ1) is 27.6. The minimum Gasteiger partial charge on any atom is -0.292 e. The van der Waals surface area contributed by atoms with Crippen LogP contribution in [0.2, 0.25) is 0 Å². The lowest BCUT2D eigenvalue weighted by atomic mass is 9.62. The Labute approximate surface area is 326 Å². The van der Waals surface area contributed by atoms with Crippen molar-refractivity contribution in [2.24, 2.45) is 5.41 Å². The number of hydrogen-bond donors (Lipinski definition) is 0. The molecule has 0 saturated heterocycles. The molecule has 2 nitrogen and oxygen atoms in total. The van der Waals surface area contributed by atoms with Crippen LogP contribution in [0.1, 0.15) is 24.5 Å². The van der Waals surface area contributed by atoms with Gasteiger partial charge in [0.05, 0.1) is 11.0 Å². The van der Waals surface area contributed by atoms with Gasteiger partial charge < -0.3 is 0 Å². The number of nitrogens with zero attached hydrogens (tertiary/aromatic N) is 2. The zero-order valence-corrected chi connectivity index (χ0v) is 31.2. The molecule has 1 aromatic heterocycles. The number of allylic oxidation sites excluding steroid dienone is 4. The van der Waals surface area contributed by atoms with Gasteiger partial charge >= 0.3 is 0 Å². The second kappa shape index (κ2) is 12.8. The Hall–Kier alpha value is -7.03. The SMILES string of the molecule is CC12CC=CC=C1C(c1ccc3ccccc3c1)=c1cc(-c3ccc(-c4nc5ccccc5n4-c4ccccc4)cc3)ccc1=C2c1ccc2ccccc2c1. The van der Waals surface area contributed by atoms with Gasteiger partial charge in [0.2, 0.25) is 0 Å². The first-order valence-corrected chi connectivity index (χ1v) is 19.5. The Morgan fingerprint density at radius 2 is 1.11 bits per heavy atom. The van der Waals surface area contributed by atoms with Gasteiger partial charge in [-0.25, -0.2) is 4.98 Å². The van der Waals surface area contributed by atoms with Crippen molar-refractivity contribution in [3.63, 3.8) is 0 Å². The fraction of sp³-hybridized carbons (Fsp3) is 0.0556. The summed E-state index contributed by atoms with van der Waals surface area (Å²) in [6, 6.07) is 66.4. The quantitative estimate of drug-likeness (QED) is 0.174. The molecule has 9 aromatic rings. The summed E-state index contributed by atoms with van der Waals surface area (Å²) >= 11 is 0. The van der Waals surface area contributed by atoms with Crippen LogP contribution in [0.3, 0.4) is 0 Å². The molecule has 0 saturated carbocycles. The molecule has 264 valence electrons. The second-order valence-corrected chi connectivity index (χ2v) is 15.4. The second-order valence-electron chi connectivity index (χ2n) is 15.4. The summed E-state index contributed by atoms with van der Waals surface area (Å²) in [5, 5.41) is 7.61. The van der Waals surface area contributed by atoms with E-state index in [-0.39, 0.29) is 5.41 Å². The van der Waals surface area contributed by atoms with Crippen molar-refractivity contribution < 1.29 is 0 Å². The van der Waals surface area contributed by atoms with E-state index in [2.05, 4.69) is 212 Å². The minimum atomic E-state index is -0.210. The predicted octanol–water partition coefficient (Wildman–Crippen LogP) is 12.0. The molecule has 0 amide bonds. The molecule has 2 aliphatic rings. The third-order valence-electron chi connectivity index (χ3n) is 12.0. The van der Waals surface area contributed by atoms with Crippen LogP contribution in [0.4, 0.5) is 0 Å². The highest BCUT2D eigenvalue weighted by atomic mass is 15.1. The number of imidazole rings is 1. The highest BCUT2D eigenvalue weighted by Gasteiger charge is 2.39. The van der Waals surface area contributed by atoms with Gasteiger partial charge in [-0.15, -0.1) is 0 Å². The summed E-state index contributed by atoms with van der Waals surface area (Å²) in [6.45, 7) is 2.45. The van der Waals surface area contributed by atoms with Crippen molar-refractivity contribution >= 4 is 43.7 Å². The standard InChI is InChI=1S/C54H38N2/c1-54-32-12-11-19-48(54)51(43-28-24-36-13-5-7-15-40(36)33-43)47-35-42(30-31-46(47)52(54)44-29-25-37-14-6-8-16-41(37)34-44)38-22-26-39(27-23-38)53-55-49-20-9-10-21-50(49)56(53)45-17-3-2-4-18-45/h2-31,33-35H,32H2,1H3. The maximum absolute atomic E-state index is 5.13. The Bertz CT molecular complexity index is 3220. The van der Waals surface area contributed by atoms with Crippen molar-refractivity contribution in [3.8, 4) is 28.2 Å². The van der Waals surface area contributed by atoms with Crippen molar-refractivity contribution in [1.82, 2.24) is 9.55 Å². The van der Waals surface area contributed by atoms with E-state index in [1.165, 1.54) is 71.0 Å². The predicted molar refractivity (Wildman–Crippen MR) is 234 cm³/mol. The lowest BCUT2D eigenvalue weighted by Gasteiger charge is -2.40. The van der Waals surface area contributed by atoms with Crippen LogP contribution in [-0.4, -0.2) is 9.55 Å². The molecule has 1 atom stereocenters. The molecule has 0 N–H and O–H groups in total. The molecular weight excluding hydrogens is 677 g/mol. The monoisotopic (exact) mass is 714 g/mol. The molecule has 0 aliphatic heterocycles. The molecule has 0 radical (unpaired) electrons. The lowest BCUT2D eigenvalue weighted by Crippen LogP contribution is -2.42. The Morgan fingerprint density at radius 1 is 0.500 bits per heavy atom. The molecule has 2 heteroatoms. The third kappa shape index (κ3) is 5.14. The van der Waals surface area contributed by atoms with E-state index in [4.69, 9.17) is 4.98 Å². The highest BCUT2D eigenvalue weighted by Crippen LogP contribution is 2.50. The van der Waals surface area contributed by atoms with Gasteiger partial charge in [-0.2, -0.15) is 0 Å². The van der Waals surface area contributed by atoms with Crippen LogP contribution in [0.15, 0.2) is 206 Å². The van der Waals surface area contributed by atoms with Crippen molar-refractivity contribution in [2.75, 3.05) is 0 Å². The van der Waals surface area contributed by atoms with Gasteiger partial charge in [0.15, 0.2) is 0 Å². The Balaban J connectivity index is 1.14. The number of aromatic nitrogens is 2. The molecular formula is C54H38N2. The molecule has 1 unspecified atom stereocenters. The Morgan fingerprint density at radius 3 is 1.88 bits per heavy atom. The first-order valence-electron chi connectivity index (χ1n) is 19.5. The maximum atomic E-state index is 5.13. The average Bonchev–Trinajstić information content (AvgIpc) is 3.65. The number of benzene rings is 8. The van der Waals surface area contributed by atoms with E-state index in [0.717, 1.165) is 34.5 Å². The molecule has 11 rings (SSSR count). The summed E-state index contributed by atoms with van der Waals surface area (Å²) in [7, 11) is 0. The van der Waals surface area contributed by atoms with Crippen LogP contribution in [0, 0.1) is 5.41 Å². The van der Waals surface area contributed by atoms with E-state index in [1.54, 1.807) is 0 Å². The molecule has 0 spiro atoms. The van der Waals surface area contributed by atoms with Gasteiger partial charge in [0.25, 0.3) is 0 Å². The summed E-state index contributed by atoms with van der Waals surface area (Å²) in [5.74, 6) is 0.938. The minimum absolute atomic E-state index is 0.210. The van der Waals surface area contributed by atoms with Gasteiger partial charge in [-0.3, -0.25) is 4.57 Å². The number of rotatable bonds is 5. The molecule has 1 heterocycles. The van der Waals surface area contributed by atoms with Gasteiger partial charge in [-0.05, 0) is 120 Å². The van der Waals surface area contributed by atoms with E-state index in [1.807, 2.05) is 0 Å². The zero-order valence-electron chi connectivity index (χ0n) is 31.2. The molecule has 56 heavy (non-hydrogen) atoms. The van der Waals surface area contributed by atoms with Crippen LogP contribution in [-0.2, 0) is 0 Å². The smallest absolute Gasteiger partial charge is 0.145 e. The van der Waals surface area contributed by atoms with Crippen molar-refractivity contribution in [2.45, 2.75) is 13.3 Å². The van der Waals surface area contributed by atoms with Gasteiger partial charge in [0, 0.05) is 16.7 Å². The van der Waals surface area contributed by atoms with E-state index in [9.17, 15) is 0 Å². The molecule has 2 aliphatic carbocycles. The summed E-state index contributed by atoms with van der Waals surface area (Å²) in [5.41, 5.74) is 13.0. The van der Waals surface area contributed by atoms with Crippen LogP contribution in [0.25, 0.3) is 71.9 Å². The highest BCUT2D eigenvalue weighted by molar-refractivity contribution is 5.96. The molecule has 0 bridgehead atoms. The summed E-state index contributed by atoms with van der Waals surface area (Å²) in [6.07, 6.45) is 7.91. The van der Waals surface area contributed by atoms with Crippen molar-refractivity contribution in [3.05, 3.63) is 227 Å². The topological polar surface area (TPSA) is 17.8 Å². The number of fused-ring (bicyclic) bond motifs is 5. The van der Waals surface area contributed by atoms with Crippen LogP contribution in [0.5, 0.6) is 0 Å². The summed E-state index contributed by atoms with van der Waals surface area (Å²) in [4.78, 5) is 5.13. The van der Waals surface area contributed by atoms with E-state index < -0.39 is 0 Å². The first kappa shape index (κ1) is 32.4. The zero-order chi connectivity index (χ0) is 37.2. The lowest BCUT2D eigenvalue weighted by molar-refractivity contribution is 0.547. The molecule has 0 fully saturated rings. The normalized spacial score (nSPS) is 16.3. The Kier molecular flexibility index (Phi) is 7.40. The van der Waals surface area contributed by atoms with Crippen LogP contribution < -0.4 is 10.4 Å². The third-order valence-corrected chi connectivity index (χ3v) is 12.0. The number of hydrogen-bond acceptors (Lipinski definition) is 1. The van der Waals surface area contributed by atoms with E-state index in [0.29, 0.717) is 0 Å². The number of para-hydroxylation sites is 3. The largest absolute Gasteiger partial charge is 0.292 e. The van der Waals surface area contributed by atoms with E-state index >= 15 is 0 Å². The van der Waals surface area contributed by atoms with Gasteiger partial charge in [0.1, 0.15) is 5.82 Å². The summed E-state index contributed by atoms with van der Waals surface area (Å²) < 4.78 is 2.27. The fourth-order valence-electron chi connectivity index (χ4n) is 9.29.